The molecule has 0 saturated carbocycles. The van der Waals surface area contributed by atoms with Gasteiger partial charge < -0.3 is 10.1 Å². The molecule has 2 heterocycles. The van der Waals surface area contributed by atoms with Crippen LogP contribution in [0.3, 0.4) is 0 Å². The summed E-state index contributed by atoms with van der Waals surface area (Å²) >= 11 is 0. The third-order valence-corrected chi connectivity index (χ3v) is 4.56. The summed E-state index contributed by atoms with van der Waals surface area (Å²) in [5, 5.41) is 6.02. The monoisotopic (exact) mass is 383 g/mol. The number of fused-ring (bicyclic) bond motifs is 1. The number of ether oxygens (including phenoxy) is 1. The zero-order chi connectivity index (χ0) is 20.5. The Hall–Kier alpha value is -2.96. The Labute approximate surface area is 163 Å². The molecule has 3 rings (SSSR count). The van der Waals surface area contributed by atoms with Gasteiger partial charge in [-0.2, -0.15) is 0 Å². The number of benzene rings is 1. The Morgan fingerprint density at radius 2 is 2.04 bits per heavy atom. The summed E-state index contributed by atoms with van der Waals surface area (Å²) in [5.41, 5.74) is 2.77. The lowest BCUT2D eigenvalue weighted by atomic mass is 9.88. The minimum absolute atomic E-state index is 0.233. The molecule has 148 valence electrons. The van der Waals surface area contributed by atoms with Crippen molar-refractivity contribution in [1.82, 2.24) is 15.6 Å². The van der Waals surface area contributed by atoms with E-state index in [1.165, 1.54) is 0 Å². The summed E-state index contributed by atoms with van der Waals surface area (Å²) in [6.45, 7) is 7.64. The molecule has 1 atom stereocenters. The van der Waals surface area contributed by atoms with Crippen molar-refractivity contribution < 1.29 is 19.1 Å². The van der Waals surface area contributed by atoms with E-state index in [2.05, 4.69) is 15.6 Å². The molecule has 7 heteroatoms. The zero-order valence-electron chi connectivity index (χ0n) is 16.6. The highest BCUT2D eigenvalue weighted by molar-refractivity contribution is 6.01. The van der Waals surface area contributed by atoms with Crippen LogP contribution in [0.15, 0.2) is 24.3 Å². The molecule has 1 fully saturated rings. The number of aromatic nitrogens is 1. The summed E-state index contributed by atoms with van der Waals surface area (Å²) in [6, 6.07) is 7.68. The summed E-state index contributed by atoms with van der Waals surface area (Å²) in [4.78, 5) is 40.1. The number of carbonyl (C=O) groups is 3. The second-order valence-corrected chi connectivity index (χ2v) is 8.05. The Kier molecular flexibility index (Phi) is 5.36. The lowest BCUT2D eigenvalue weighted by molar-refractivity contribution is -0.134. The van der Waals surface area contributed by atoms with Gasteiger partial charge in [-0.25, -0.2) is 4.79 Å². The van der Waals surface area contributed by atoms with Crippen LogP contribution in [-0.2, 0) is 20.9 Å². The quantitative estimate of drug-likeness (QED) is 0.794. The molecule has 7 nitrogen and oxygen atoms in total. The number of pyridine rings is 1. The minimum Gasteiger partial charge on any atom is -0.444 e. The number of rotatable bonds is 3. The maximum absolute atomic E-state index is 12.2. The highest BCUT2D eigenvalue weighted by Crippen LogP contribution is 2.29. The first-order chi connectivity index (χ1) is 13.1. The number of hydrogen-bond donors (Lipinski definition) is 2. The number of nitrogens with one attached hydrogen (secondary N) is 2. The van der Waals surface area contributed by atoms with Crippen molar-refractivity contribution in [3.63, 3.8) is 0 Å². The molecule has 2 aromatic rings. The molecule has 0 aliphatic carbocycles. The molecular formula is C21H25N3O4. The zero-order valence-corrected chi connectivity index (χ0v) is 16.6. The van der Waals surface area contributed by atoms with Gasteiger partial charge in [0.1, 0.15) is 5.60 Å². The number of amides is 3. The maximum atomic E-state index is 12.2. The smallest absolute Gasteiger partial charge is 0.407 e. The minimum atomic E-state index is -0.550. The number of alkyl carbamates (subject to hydrolysis) is 1. The van der Waals surface area contributed by atoms with E-state index in [1.807, 2.05) is 52.0 Å². The SMILES string of the molecule is Cc1nc2ccc(CNC(=O)OC(C)(C)C)cc2cc1C1CCC(=O)NC1=O. The highest BCUT2D eigenvalue weighted by Gasteiger charge is 2.29. The van der Waals surface area contributed by atoms with Gasteiger partial charge in [0, 0.05) is 24.0 Å². The van der Waals surface area contributed by atoms with Gasteiger partial charge in [-0.3, -0.25) is 19.9 Å². The number of aryl methyl sites for hydroxylation is 1. The van der Waals surface area contributed by atoms with Gasteiger partial charge in [0.15, 0.2) is 0 Å². The predicted octanol–water partition coefficient (Wildman–Crippen LogP) is 3.09. The lowest BCUT2D eigenvalue weighted by Crippen LogP contribution is -2.39. The second-order valence-electron chi connectivity index (χ2n) is 8.05. The average Bonchev–Trinajstić information content (AvgIpc) is 2.58. The van der Waals surface area contributed by atoms with E-state index in [4.69, 9.17) is 4.74 Å². The van der Waals surface area contributed by atoms with E-state index in [1.54, 1.807) is 0 Å². The molecule has 1 aliphatic heterocycles. The summed E-state index contributed by atoms with van der Waals surface area (Å²) < 4.78 is 5.25. The number of carbonyl (C=O) groups excluding carboxylic acids is 3. The number of piperidine rings is 1. The Morgan fingerprint density at radius 1 is 1.29 bits per heavy atom. The van der Waals surface area contributed by atoms with Crippen LogP contribution in [-0.4, -0.2) is 28.5 Å². The normalized spacial score (nSPS) is 17.4. The average molecular weight is 383 g/mol. The Morgan fingerprint density at radius 3 is 2.71 bits per heavy atom. The maximum Gasteiger partial charge on any atom is 0.407 e. The standard InChI is InChI=1S/C21H25N3O4/c1-12-16(15-6-8-18(25)24-19(15)26)10-14-9-13(5-7-17(14)23-12)11-22-20(27)28-21(2,3)4/h5,7,9-10,15H,6,8,11H2,1-4H3,(H,22,27)(H,24,25,26). The molecule has 2 N–H and O–H groups in total. The first-order valence-electron chi connectivity index (χ1n) is 9.33. The molecule has 1 unspecified atom stereocenters. The highest BCUT2D eigenvalue weighted by atomic mass is 16.6. The van der Waals surface area contributed by atoms with Gasteiger partial charge in [0.05, 0.1) is 11.4 Å². The Balaban J connectivity index is 1.81. The van der Waals surface area contributed by atoms with E-state index < -0.39 is 11.7 Å². The van der Waals surface area contributed by atoms with E-state index in [0.29, 0.717) is 19.4 Å². The van der Waals surface area contributed by atoms with Crippen LogP contribution in [0, 0.1) is 6.92 Å². The van der Waals surface area contributed by atoms with Crippen LogP contribution >= 0.6 is 0 Å². The van der Waals surface area contributed by atoms with Crippen LogP contribution in [0.4, 0.5) is 4.79 Å². The molecule has 0 spiro atoms. The molecule has 1 aromatic heterocycles. The summed E-state index contributed by atoms with van der Waals surface area (Å²) in [5.74, 6) is -0.885. The summed E-state index contributed by atoms with van der Waals surface area (Å²) in [7, 11) is 0. The summed E-state index contributed by atoms with van der Waals surface area (Å²) in [6.07, 6.45) is 0.339. The van der Waals surface area contributed by atoms with Crippen molar-refractivity contribution in [2.24, 2.45) is 0 Å². The molecule has 1 aromatic carbocycles. The Bertz CT molecular complexity index is 947. The number of hydrogen-bond acceptors (Lipinski definition) is 5. The van der Waals surface area contributed by atoms with Crippen molar-refractivity contribution in [2.75, 3.05) is 0 Å². The van der Waals surface area contributed by atoms with Crippen molar-refractivity contribution in [3.8, 4) is 0 Å². The predicted molar refractivity (Wildman–Crippen MR) is 105 cm³/mol. The fraction of sp³-hybridized carbons (Fsp3) is 0.429. The third kappa shape index (κ3) is 4.65. The first kappa shape index (κ1) is 19.8. The van der Waals surface area contributed by atoms with Crippen molar-refractivity contribution >= 4 is 28.8 Å². The topological polar surface area (TPSA) is 97.4 Å². The van der Waals surface area contributed by atoms with Crippen LogP contribution in [0.5, 0.6) is 0 Å². The third-order valence-electron chi connectivity index (χ3n) is 4.56. The van der Waals surface area contributed by atoms with Gasteiger partial charge in [-0.15, -0.1) is 0 Å². The van der Waals surface area contributed by atoms with Crippen LogP contribution < -0.4 is 10.6 Å². The molecule has 3 amide bonds. The molecule has 1 aliphatic rings. The van der Waals surface area contributed by atoms with Crippen molar-refractivity contribution in [3.05, 3.63) is 41.1 Å². The molecule has 1 saturated heterocycles. The van der Waals surface area contributed by atoms with Crippen LogP contribution in [0.2, 0.25) is 0 Å². The van der Waals surface area contributed by atoms with E-state index in [9.17, 15) is 14.4 Å². The van der Waals surface area contributed by atoms with Gasteiger partial charge >= 0.3 is 6.09 Å². The second kappa shape index (κ2) is 7.58. The fourth-order valence-electron chi connectivity index (χ4n) is 3.28. The molecule has 28 heavy (non-hydrogen) atoms. The van der Waals surface area contributed by atoms with Crippen LogP contribution in [0.1, 0.15) is 56.4 Å². The largest absolute Gasteiger partial charge is 0.444 e. The van der Waals surface area contributed by atoms with E-state index in [0.717, 1.165) is 27.7 Å². The number of nitrogens with zero attached hydrogens (tertiary/aromatic N) is 1. The first-order valence-corrected chi connectivity index (χ1v) is 9.33. The molecular weight excluding hydrogens is 358 g/mol. The number of imide groups is 1. The van der Waals surface area contributed by atoms with Gasteiger partial charge in [0.25, 0.3) is 0 Å². The van der Waals surface area contributed by atoms with E-state index in [-0.39, 0.29) is 17.7 Å². The van der Waals surface area contributed by atoms with Crippen LogP contribution in [0.25, 0.3) is 10.9 Å². The molecule has 0 radical (unpaired) electrons. The molecule has 0 bridgehead atoms. The van der Waals surface area contributed by atoms with E-state index >= 15 is 0 Å². The van der Waals surface area contributed by atoms with Crippen molar-refractivity contribution in [1.29, 1.82) is 0 Å². The van der Waals surface area contributed by atoms with Gasteiger partial charge in [0.2, 0.25) is 11.8 Å². The van der Waals surface area contributed by atoms with Gasteiger partial charge in [-0.1, -0.05) is 6.07 Å². The fourth-order valence-corrected chi connectivity index (χ4v) is 3.28. The van der Waals surface area contributed by atoms with Crippen molar-refractivity contribution in [2.45, 2.75) is 58.6 Å². The van der Waals surface area contributed by atoms with Gasteiger partial charge in [-0.05, 0) is 63.4 Å². The lowest BCUT2D eigenvalue weighted by Gasteiger charge is -2.22.